The second-order valence-corrected chi connectivity index (χ2v) is 14.8. The number of fused-ring (bicyclic) bond motifs is 1. The largest absolute Gasteiger partial charge is 0.481 e. The van der Waals surface area contributed by atoms with Crippen LogP contribution in [0.1, 0.15) is 37.3 Å². The summed E-state index contributed by atoms with van der Waals surface area (Å²) >= 11 is 0. The van der Waals surface area contributed by atoms with Crippen molar-refractivity contribution in [3.63, 3.8) is 0 Å². The van der Waals surface area contributed by atoms with E-state index in [1.165, 1.54) is 6.92 Å². The zero-order valence-corrected chi connectivity index (χ0v) is 35.5. The first-order valence-electron chi connectivity index (χ1n) is 20.4. The minimum absolute atomic E-state index is 0.0357. The summed E-state index contributed by atoms with van der Waals surface area (Å²) < 4.78 is 0. The number of aliphatic imine (C=N–C) groups is 1. The van der Waals surface area contributed by atoms with Crippen molar-refractivity contribution in [3.8, 4) is 0 Å². The predicted octanol–water partition coefficient (Wildman–Crippen LogP) is -4.19. The molecule has 1 heterocycles. The summed E-state index contributed by atoms with van der Waals surface area (Å²) in [4.78, 5) is 120. The predicted molar refractivity (Wildman–Crippen MR) is 233 cm³/mol. The number of nitrogens with two attached hydrogens (primary N) is 3. The SMILES string of the molecule is C[C@H](NC(=O)CNC(=O)[C@H](Cc1c[nH]c2ccccc12)NC(=O)[C@H](CO)NC(=O)[C@@H](N)Cc1ccccc1)C(=O)NCC[C@@H](C(=O)O)C(=O)NCC(=O)N[C@@H](CCCN=C(N)N)C(=O)O. The van der Waals surface area contributed by atoms with Gasteiger partial charge in [-0.3, -0.25) is 43.3 Å². The molecule has 0 spiro atoms. The van der Waals surface area contributed by atoms with Gasteiger partial charge in [-0.25, -0.2) is 4.79 Å². The lowest BCUT2D eigenvalue weighted by atomic mass is 10.0. The van der Waals surface area contributed by atoms with Gasteiger partial charge in [0, 0.05) is 36.6 Å². The van der Waals surface area contributed by atoms with E-state index >= 15 is 0 Å². The summed E-state index contributed by atoms with van der Waals surface area (Å²) in [5.74, 6) is -10.9. The zero-order chi connectivity index (χ0) is 48.1. The molecule has 0 aliphatic heterocycles. The number of nitrogens with one attached hydrogen (secondary N) is 8. The molecular weight excluding hydrogens is 853 g/mol. The van der Waals surface area contributed by atoms with Crippen LogP contribution in [0.3, 0.4) is 0 Å². The molecule has 352 valence electrons. The number of para-hydroxylation sites is 1. The van der Waals surface area contributed by atoms with Gasteiger partial charge < -0.3 is 74.7 Å². The number of hydrogen-bond donors (Lipinski definition) is 14. The molecule has 0 bridgehead atoms. The van der Waals surface area contributed by atoms with Crippen molar-refractivity contribution in [2.45, 2.75) is 69.2 Å². The Morgan fingerprint density at radius 1 is 0.677 bits per heavy atom. The van der Waals surface area contributed by atoms with Crippen LogP contribution >= 0.6 is 0 Å². The number of H-pyrrole nitrogens is 1. The van der Waals surface area contributed by atoms with Gasteiger partial charge >= 0.3 is 11.9 Å². The number of hydrogen-bond acceptors (Lipinski definition) is 12. The summed E-state index contributed by atoms with van der Waals surface area (Å²) in [5, 5.41) is 46.2. The van der Waals surface area contributed by atoms with E-state index in [1.54, 1.807) is 60.8 Å². The molecule has 0 radical (unpaired) electrons. The van der Waals surface area contributed by atoms with Crippen LogP contribution in [0.25, 0.3) is 10.9 Å². The van der Waals surface area contributed by atoms with Crippen molar-refractivity contribution in [1.82, 2.24) is 42.2 Å². The molecule has 0 aliphatic rings. The Labute approximate surface area is 372 Å². The van der Waals surface area contributed by atoms with E-state index in [0.29, 0.717) is 5.56 Å². The van der Waals surface area contributed by atoms with Gasteiger partial charge in [0.2, 0.25) is 41.4 Å². The number of carbonyl (C=O) groups is 9. The normalized spacial score (nSPS) is 13.6. The van der Waals surface area contributed by atoms with Crippen LogP contribution in [0, 0.1) is 5.92 Å². The van der Waals surface area contributed by atoms with Crippen LogP contribution in [-0.2, 0) is 56.0 Å². The molecule has 0 unspecified atom stereocenters. The molecular formula is C41H56N12O12. The van der Waals surface area contributed by atoms with Crippen molar-refractivity contribution in [2.24, 2.45) is 28.1 Å². The van der Waals surface area contributed by atoms with Gasteiger partial charge in [-0.05, 0) is 49.8 Å². The third-order valence-electron chi connectivity index (χ3n) is 9.73. The number of aromatic amines is 1. The lowest BCUT2D eigenvalue weighted by Crippen LogP contribution is -2.58. The number of carbonyl (C=O) groups excluding carboxylic acids is 7. The molecule has 17 N–H and O–H groups in total. The molecule has 2 aromatic carbocycles. The number of aliphatic carboxylic acids is 2. The quantitative estimate of drug-likeness (QED) is 0.0149. The number of carboxylic acids is 2. The fourth-order valence-electron chi connectivity index (χ4n) is 6.24. The van der Waals surface area contributed by atoms with Crippen LogP contribution in [-0.4, -0.2) is 143 Å². The lowest BCUT2D eigenvalue weighted by Gasteiger charge is -2.23. The lowest BCUT2D eigenvalue weighted by molar-refractivity contribution is -0.148. The molecule has 0 fully saturated rings. The highest BCUT2D eigenvalue weighted by Crippen LogP contribution is 2.19. The second-order valence-electron chi connectivity index (χ2n) is 14.8. The molecule has 0 aliphatic carbocycles. The van der Waals surface area contributed by atoms with Crippen LogP contribution < -0.4 is 54.4 Å². The summed E-state index contributed by atoms with van der Waals surface area (Å²) in [6.07, 6.45) is 1.46. The van der Waals surface area contributed by atoms with Crippen LogP contribution in [0.2, 0.25) is 0 Å². The van der Waals surface area contributed by atoms with E-state index in [0.717, 1.165) is 16.5 Å². The van der Waals surface area contributed by atoms with E-state index in [-0.39, 0.29) is 44.7 Å². The number of amides is 7. The molecule has 3 aromatic rings. The molecule has 24 nitrogen and oxygen atoms in total. The number of benzene rings is 2. The molecule has 24 heteroatoms. The Bertz CT molecular complexity index is 2180. The Kier molecular flexibility index (Phi) is 20.8. The fraction of sp³-hybridized carbons (Fsp3) is 0.415. The van der Waals surface area contributed by atoms with E-state index in [1.807, 2.05) is 0 Å². The summed E-state index contributed by atoms with van der Waals surface area (Å²) in [5.41, 5.74) is 18.6. The van der Waals surface area contributed by atoms with Gasteiger partial charge in [-0.15, -0.1) is 0 Å². The van der Waals surface area contributed by atoms with Gasteiger partial charge in [0.25, 0.3) is 0 Å². The molecule has 7 amide bonds. The molecule has 0 saturated carbocycles. The van der Waals surface area contributed by atoms with Crippen molar-refractivity contribution in [3.05, 3.63) is 71.9 Å². The monoisotopic (exact) mass is 908 g/mol. The minimum atomic E-state index is -1.73. The van der Waals surface area contributed by atoms with E-state index in [2.05, 4.69) is 47.2 Å². The molecule has 3 rings (SSSR count). The number of aliphatic hydroxyl groups is 1. The van der Waals surface area contributed by atoms with E-state index in [9.17, 15) is 58.5 Å². The van der Waals surface area contributed by atoms with Crippen molar-refractivity contribution >= 4 is 70.2 Å². The van der Waals surface area contributed by atoms with Gasteiger partial charge in [0.05, 0.1) is 25.7 Å². The highest BCUT2D eigenvalue weighted by Gasteiger charge is 2.30. The van der Waals surface area contributed by atoms with E-state index in [4.69, 9.17) is 17.2 Å². The van der Waals surface area contributed by atoms with Gasteiger partial charge in [-0.1, -0.05) is 48.5 Å². The van der Waals surface area contributed by atoms with Crippen molar-refractivity contribution < 1.29 is 58.5 Å². The first kappa shape index (κ1) is 51.7. The highest BCUT2D eigenvalue weighted by atomic mass is 16.4. The smallest absolute Gasteiger partial charge is 0.326 e. The molecule has 1 aromatic heterocycles. The number of guanidine groups is 1. The number of aromatic nitrogens is 1. The maximum absolute atomic E-state index is 13.5. The Morgan fingerprint density at radius 3 is 1.95 bits per heavy atom. The van der Waals surface area contributed by atoms with Gasteiger partial charge in [0.1, 0.15) is 30.1 Å². The Hall–Kier alpha value is -7.60. The maximum Gasteiger partial charge on any atom is 0.326 e. The molecule has 65 heavy (non-hydrogen) atoms. The van der Waals surface area contributed by atoms with Crippen molar-refractivity contribution in [2.75, 3.05) is 32.8 Å². The topological polar surface area (TPSA) is 405 Å². The van der Waals surface area contributed by atoms with Crippen LogP contribution in [0.4, 0.5) is 0 Å². The standard InChI is InChI=1S/C41H56N12O12/c1-22(34(57)45-15-13-26(39(62)63)35(58)48-20-33(56)51-29(40(64)65)12-7-14-46-41(43)44)50-32(55)19-49-37(60)30(17-24-18-47-28-11-6-5-10-25(24)28)52-38(61)31(21-54)53-36(59)27(42)16-23-8-3-2-4-9-23/h2-6,8-11,18,22,26-27,29-31,47,54H,7,12-17,19-21,42H2,1H3,(H,45,57)(H,48,58)(H,49,60)(H,50,55)(H,51,56)(H,52,61)(H,53,59)(H,62,63)(H,64,65)(H4,43,44,46)/t22-,26+,27-,29-,30-,31-/m0/s1. The zero-order valence-electron chi connectivity index (χ0n) is 35.5. The average Bonchev–Trinajstić information content (AvgIpc) is 3.68. The summed E-state index contributed by atoms with van der Waals surface area (Å²) in [7, 11) is 0. The Morgan fingerprint density at radius 2 is 1.31 bits per heavy atom. The second kappa shape index (κ2) is 26.1. The minimum Gasteiger partial charge on any atom is -0.481 e. The first-order valence-corrected chi connectivity index (χ1v) is 20.4. The van der Waals surface area contributed by atoms with Crippen LogP contribution in [0.5, 0.6) is 0 Å². The fourth-order valence-corrected chi connectivity index (χ4v) is 6.24. The Balaban J connectivity index is 1.53. The molecule has 0 saturated heterocycles. The number of aliphatic hydroxyl groups excluding tert-OH is 1. The highest BCUT2D eigenvalue weighted by molar-refractivity contribution is 5.99. The molecule has 6 atom stereocenters. The number of nitrogens with zero attached hydrogens (tertiary/aromatic N) is 1. The van der Waals surface area contributed by atoms with Crippen molar-refractivity contribution in [1.29, 1.82) is 0 Å². The number of rotatable bonds is 27. The average molecular weight is 909 g/mol. The number of carboxylic acid groups (broad SMARTS) is 2. The van der Waals surface area contributed by atoms with Gasteiger partial charge in [-0.2, -0.15) is 0 Å². The van der Waals surface area contributed by atoms with E-state index < -0.39 is 116 Å². The third-order valence-corrected chi connectivity index (χ3v) is 9.73. The first-order chi connectivity index (χ1) is 30.9. The van der Waals surface area contributed by atoms with Crippen LogP contribution in [0.15, 0.2) is 65.8 Å². The third kappa shape index (κ3) is 17.6. The van der Waals surface area contributed by atoms with Gasteiger partial charge in [0.15, 0.2) is 5.96 Å². The summed E-state index contributed by atoms with van der Waals surface area (Å²) in [6, 6.07) is 9.65. The maximum atomic E-state index is 13.5. The summed E-state index contributed by atoms with van der Waals surface area (Å²) in [6.45, 7) is -1.17.